The van der Waals surface area contributed by atoms with Crippen LogP contribution in [0.5, 0.6) is 0 Å². The second-order valence-corrected chi connectivity index (χ2v) is 4.59. The molecule has 2 aromatic rings. The van der Waals surface area contributed by atoms with Crippen molar-refractivity contribution in [3.8, 4) is 0 Å². The van der Waals surface area contributed by atoms with Crippen molar-refractivity contribution >= 4 is 22.7 Å². The first-order chi connectivity index (χ1) is 8.58. The third-order valence-corrected chi connectivity index (χ3v) is 3.17. The fourth-order valence-corrected chi connectivity index (χ4v) is 2.25. The van der Waals surface area contributed by atoms with Gasteiger partial charge in [0.1, 0.15) is 5.69 Å². The molecule has 96 valence electrons. The Balaban J connectivity index is 2.07. The summed E-state index contributed by atoms with van der Waals surface area (Å²) in [7, 11) is 0. The maximum atomic E-state index is 13.4. The van der Waals surface area contributed by atoms with E-state index in [-0.39, 0.29) is 17.9 Å². The monoisotopic (exact) mass is 270 g/mol. The average molecular weight is 270 g/mol. The highest BCUT2D eigenvalue weighted by molar-refractivity contribution is 7.07. The molecule has 0 spiro atoms. The summed E-state index contributed by atoms with van der Waals surface area (Å²) in [6.45, 7) is 0.0223. The standard InChI is InChI=1S/C12H12F2N2OS/c13-9-3-8(15)4-10(14)12(9)16-5-11(17)7-1-2-18-6-7/h1-4,6,11,16-17H,5,15H2. The lowest BCUT2D eigenvalue weighted by Crippen LogP contribution is -2.13. The molecule has 1 unspecified atom stereocenters. The minimum absolute atomic E-state index is 0.0222. The lowest BCUT2D eigenvalue weighted by molar-refractivity contribution is 0.192. The number of aliphatic hydroxyl groups excluding tert-OH is 1. The first-order valence-corrected chi connectivity index (χ1v) is 6.20. The van der Waals surface area contributed by atoms with Gasteiger partial charge in [-0.25, -0.2) is 8.78 Å². The Kier molecular flexibility index (Phi) is 3.78. The lowest BCUT2D eigenvalue weighted by Gasteiger charge is -2.13. The third-order valence-electron chi connectivity index (χ3n) is 2.46. The summed E-state index contributed by atoms with van der Waals surface area (Å²) in [5, 5.41) is 15.9. The number of benzene rings is 1. The Morgan fingerprint density at radius 1 is 1.33 bits per heavy atom. The molecular weight excluding hydrogens is 258 g/mol. The van der Waals surface area contributed by atoms with E-state index in [0.717, 1.165) is 12.1 Å². The summed E-state index contributed by atoms with van der Waals surface area (Å²) in [6.07, 6.45) is -0.812. The number of hydrogen-bond acceptors (Lipinski definition) is 4. The molecule has 1 aromatic carbocycles. The highest BCUT2D eigenvalue weighted by atomic mass is 32.1. The van der Waals surface area contributed by atoms with Crippen molar-refractivity contribution in [1.82, 2.24) is 0 Å². The molecule has 18 heavy (non-hydrogen) atoms. The van der Waals surface area contributed by atoms with Crippen molar-refractivity contribution in [2.45, 2.75) is 6.10 Å². The highest BCUT2D eigenvalue weighted by Crippen LogP contribution is 2.23. The number of thiophene rings is 1. The van der Waals surface area contributed by atoms with Crippen LogP contribution in [-0.2, 0) is 0 Å². The van der Waals surface area contributed by atoms with Crippen molar-refractivity contribution in [2.75, 3.05) is 17.6 Å². The fraction of sp³-hybridized carbons (Fsp3) is 0.167. The van der Waals surface area contributed by atoms with Crippen molar-refractivity contribution in [3.05, 3.63) is 46.2 Å². The summed E-state index contributed by atoms with van der Waals surface area (Å²) in [5.74, 6) is -1.55. The molecule has 2 rings (SSSR count). The number of aliphatic hydroxyl groups is 1. The van der Waals surface area contributed by atoms with Crippen LogP contribution in [0.25, 0.3) is 0 Å². The molecule has 0 radical (unpaired) electrons. The zero-order valence-corrected chi connectivity index (χ0v) is 10.2. The quantitative estimate of drug-likeness (QED) is 0.749. The molecule has 0 saturated carbocycles. The molecule has 0 fully saturated rings. The van der Waals surface area contributed by atoms with Gasteiger partial charge in [-0.2, -0.15) is 11.3 Å². The Bertz CT molecular complexity index is 508. The molecule has 1 heterocycles. The summed E-state index contributed by atoms with van der Waals surface area (Å²) >= 11 is 1.45. The molecule has 4 N–H and O–H groups in total. The minimum Gasteiger partial charge on any atom is -0.399 e. The highest BCUT2D eigenvalue weighted by Gasteiger charge is 2.13. The van der Waals surface area contributed by atoms with Gasteiger partial charge in [0.2, 0.25) is 0 Å². The van der Waals surface area contributed by atoms with Crippen molar-refractivity contribution in [1.29, 1.82) is 0 Å². The average Bonchev–Trinajstić information content (AvgIpc) is 2.80. The number of nitrogens with one attached hydrogen (secondary N) is 1. The van der Waals surface area contributed by atoms with Crippen LogP contribution in [-0.4, -0.2) is 11.7 Å². The van der Waals surface area contributed by atoms with Crippen LogP contribution in [0.15, 0.2) is 29.0 Å². The van der Waals surface area contributed by atoms with Crippen LogP contribution in [0.1, 0.15) is 11.7 Å². The minimum atomic E-state index is -0.812. The lowest BCUT2D eigenvalue weighted by atomic mass is 10.2. The van der Waals surface area contributed by atoms with Gasteiger partial charge in [0, 0.05) is 12.2 Å². The molecule has 0 saturated heterocycles. The van der Waals surface area contributed by atoms with E-state index in [1.807, 2.05) is 5.38 Å². The summed E-state index contributed by atoms with van der Waals surface area (Å²) in [5.41, 5.74) is 5.76. The fourth-order valence-electron chi connectivity index (χ4n) is 1.54. The zero-order chi connectivity index (χ0) is 13.1. The van der Waals surface area contributed by atoms with Crippen LogP contribution in [0, 0.1) is 11.6 Å². The molecule has 1 atom stereocenters. The first-order valence-electron chi connectivity index (χ1n) is 5.26. The largest absolute Gasteiger partial charge is 0.399 e. The van der Waals surface area contributed by atoms with E-state index < -0.39 is 17.7 Å². The maximum Gasteiger partial charge on any atom is 0.151 e. The van der Waals surface area contributed by atoms with Gasteiger partial charge in [0.05, 0.1) is 6.10 Å². The second kappa shape index (κ2) is 5.32. The van der Waals surface area contributed by atoms with Crippen LogP contribution in [0.3, 0.4) is 0 Å². The van der Waals surface area contributed by atoms with Crippen LogP contribution in [0.2, 0.25) is 0 Å². The van der Waals surface area contributed by atoms with E-state index in [2.05, 4.69) is 5.32 Å². The molecule has 0 aliphatic rings. The van der Waals surface area contributed by atoms with Crippen molar-refractivity contribution in [3.63, 3.8) is 0 Å². The predicted molar refractivity (Wildman–Crippen MR) is 68.5 cm³/mol. The van der Waals surface area contributed by atoms with Gasteiger partial charge in [-0.3, -0.25) is 0 Å². The molecule has 0 aliphatic heterocycles. The van der Waals surface area contributed by atoms with Gasteiger partial charge in [-0.05, 0) is 34.5 Å². The summed E-state index contributed by atoms with van der Waals surface area (Å²) in [4.78, 5) is 0. The zero-order valence-electron chi connectivity index (χ0n) is 9.36. The number of nitrogens with two attached hydrogens (primary N) is 1. The van der Waals surface area contributed by atoms with E-state index in [9.17, 15) is 13.9 Å². The maximum absolute atomic E-state index is 13.4. The number of anilines is 2. The topological polar surface area (TPSA) is 58.3 Å². The van der Waals surface area contributed by atoms with Crippen LogP contribution >= 0.6 is 11.3 Å². The number of hydrogen-bond donors (Lipinski definition) is 3. The number of halogens is 2. The molecule has 6 heteroatoms. The van der Waals surface area contributed by atoms with Gasteiger partial charge in [-0.1, -0.05) is 0 Å². The molecule has 3 nitrogen and oxygen atoms in total. The Labute approximate surface area is 107 Å². The van der Waals surface area contributed by atoms with Gasteiger partial charge in [0.15, 0.2) is 11.6 Å². The van der Waals surface area contributed by atoms with Crippen molar-refractivity contribution in [2.24, 2.45) is 0 Å². The molecular formula is C12H12F2N2OS. The SMILES string of the molecule is Nc1cc(F)c(NCC(O)c2ccsc2)c(F)c1. The van der Waals surface area contributed by atoms with Crippen molar-refractivity contribution < 1.29 is 13.9 Å². The van der Waals surface area contributed by atoms with Crippen LogP contribution < -0.4 is 11.1 Å². The van der Waals surface area contributed by atoms with E-state index in [1.165, 1.54) is 11.3 Å². The van der Waals surface area contributed by atoms with E-state index in [0.29, 0.717) is 5.56 Å². The smallest absolute Gasteiger partial charge is 0.151 e. The molecule has 0 amide bonds. The van der Waals surface area contributed by atoms with Gasteiger partial charge in [-0.15, -0.1) is 0 Å². The predicted octanol–water partition coefficient (Wildman–Crippen LogP) is 2.75. The Morgan fingerprint density at radius 3 is 2.56 bits per heavy atom. The Hall–Kier alpha value is -1.66. The van der Waals surface area contributed by atoms with E-state index in [4.69, 9.17) is 5.73 Å². The van der Waals surface area contributed by atoms with E-state index >= 15 is 0 Å². The molecule has 1 aromatic heterocycles. The normalized spacial score (nSPS) is 12.4. The second-order valence-electron chi connectivity index (χ2n) is 3.81. The van der Waals surface area contributed by atoms with Gasteiger partial charge in [0.25, 0.3) is 0 Å². The number of rotatable bonds is 4. The number of nitrogen functional groups attached to an aromatic ring is 1. The summed E-state index contributed by atoms with van der Waals surface area (Å²) < 4.78 is 26.9. The third kappa shape index (κ3) is 2.77. The van der Waals surface area contributed by atoms with E-state index in [1.54, 1.807) is 11.4 Å². The van der Waals surface area contributed by atoms with Crippen LogP contribution in [0.4, 0.5) is 20.2 Å². The summed E-state index contributed by atoms with van der Waals surface area (Å²) in [6, 6.07) is 3.82. The van der Waals surface area contributed by atoms with Gasteiger partial charge >= 0.3 is 0 Å². The molecule has 0 bridgehead atoms. The first kappa shape index (κ1) is 12.8. The Morgan fingerprint density at radius 2 is 2.00 bits per heavy atom. The molecule has 0 aliphatic carbocycles. The van der Waals surface area contributed by atoms with Gasteiger partial charge < -0.3 is 16.2 Å².